The minimum absolute atomic E-state index is 0.235. The predicted molar refractivity (Wildman–Crippen MR) is 104 cm³/mol. The molecule has 10 heteroatoms. The summed E-state index contributed by atoms with van der Waals surface area (Å²) >= 11 is 0. The number of hydrogen-bond donors (Lipinski definition) is 1. The summed E-state index contributed by atoms with van der Waals surface area (Å²) in [5.74, 6) is 0. The molecule has 0 atom stereocenters. The van der Waals surface area contributed by atoms with Crippen LogP contribution in [0.1, 0.15) is 16.7 Å². The lowest BCUT2D eigenvalue weighted by molar-refractivity contribution is -0.385. The number of benzene rings is 2. The summed E-state index contributed by atoms with van der Waals surface area (Å²) in [5.41, 5.74) is 1.79. The molecule has 28 heavy (non-hydrogen) atoms. The molecule has 0 saturated carbocycles. The van der Waals surface area contributed by atoms with Crippen molar-refractivity contribution >= 4 is 21.9 Å². The third-order valence-electron chi connectivity index (χ3n) is 3.91. The molecule has 0 spiro atoms. The van der Waals surface area contributed by atoms with Crippen LogP contribution in [-0.4, -0.2) is 29.3 Å². The smallest absolute Gasteiger partial charge is 0.268 e. The standard InChI is InChI=1S/C18H17N5O4S/c1-14-7-8-17(9-18(14)23(24)25)28(26,27)21-19-10-16-11-20-22(13-16)12-15-5-3-2-4-6-15/h2-11,13,21H,12H2,1H3/b19-10-. The number of nitro groups is 1. The minimum atomic E-state index is -4.02. The van der Waals surface area contributed by atoms with Gasteiger partial charge in [-0.25, -0.2) is 4.83 Å². The molecule has 1 aromatic heterocycles. The second-order valence-electron chi connectivity index (χ2n) is 6.02. The first-order valence-electron chi connectivity index (χ1n) is 8.21. The van der Waals surface area contributed by atoms with E-state index >= 15 is 0 Å². The summed E-state index contributed by atoms with van der Waals surface area (Å²) in [5, 5.41) is 18.9. The van der Waals surface area contributed by atoms with Gasteiger partial charge in [0.05, 0.1) is 28.8 Å². The predicted octanol–water partition coefficient (Wildman–Crippen LogP) is 2.46. The van der Waals surface area contributed by atoms with Gasteiger partial charge in [0.15, 0.2) is 0 Å². The van der Waals surface area contributed by atoms with E-state index in [2.05, 4.69) is 15.0 Å². The van der Waals surface area contributed by atoms with Gasteiger partial charge in [-0.15, -0.1) is 0 Å². The van der Waals surface area contributed by atoms with Crippen LogP contribution in [-0.2, 0) is 16.6 Å². The zero-order valence-corrected chi connectivity index (χ0v) is 15.7. The lowest BCUT2D eigenvalue weighted by atomic mass is 10.2. The molecule has 1 N–H and O–H groups in total. The van der Waals surface area contributed by atoms with Crippen LogP contribution in [0.15, 0.2) is 70.9 Å². The van der Waals surface area contributed by atoms with Gasteiger partial charge in [0.1, 0.15) is 0 Å². The van der Waals surface area contributed by atoms with Gasteiger partial charge in [-0.1, -0.05) is 36.4 Å². The quantitative estimate of drug-likeness (QED) is 0.372. The molecule has 0 aliphatic rings. The number of aromatic nitrogens is 2. The van der Waals surface area contributed by atoms with Crippen LogP contribution in [0.5, 0.6) is 0 Å². The molecule has 3 aromatic rings. The first kappa shape index (κ1) is 19.2. The van der Waals surface area contributed by atoms with Crippen LogP contribution in [0.2, 0.25) is 0 Å². The minimum Gasteiger partial charge on any atom is -0.268 e. The molecule has 0 amide bonds. The first-order valence-corrected chi connectivity index (χ1v) is 9.70. The number of rotatable bonds is 7. The summed E-state index contributed by atoms with van der Waals surface area (Å²) in [6.45, 7) is 2.11. The molecule has 0 saturated heterocycles. The topological polar surface area (TPSA) is 119 Å². The Balaban J connectivity index is 1.69. The van der Waals surface area contributed by atoms with E-state index in [-0.39, 0.29) is 10.6 Å². The van der Waals surface area contributed by atoms with Gasteiger partial charge in [0.2, 0.25) is 0 Å². The maximum Gasteiger partial charge on any atom is 0.276 e. The fourth-order valence-electron chi connectivity index (χ4n) is 2.48. The van der Waals surface area contributed by atoms with E-state index in [0.29, 0.717) is 17.7 Å². The molecular weight excluding hydrogens is 382 g/mol. The van der Waals surface area contributed by atoms with Gasteiger partial charge in [-0.3, -0.25) is 14.8 Å². The Bertz CT molecular complexity index is 1120. The van der Waals surface area contributed by atoms with Crippen LogP contribution in [0.25, 0.3) is 0 Å². The number of nitrogens with one attached hydrogen (secondary N) is 1. The highest BCUT2D eigenvalue weighted by molar-refractivity contribution is 7.89. The van der Waals surface area contributed by atoms with Crippen molar-refractivity contribution in [2.45, 2.75) is 18.4 Å². The lowest BCUT2D eigenvalue weighted by Crippen LogP contribution is -2.18. The van der Waals surface area contributed by atoms with Crippen molar-refractivity contribution in [3.63, 3.8) is 0 Å². The van der Waals surface area contributed by atoms with Crippen LogP contribution in [0.3, 0.4) is 0 Å². The van der Waals surface area contributed by atoms with E-state index in [1.165, 1.54) is 25.3 Å². The molecular formula is C18H17N5O4S. The van der Waals surface area contributed by atoms with Crippen LogP contribution < -0.4 is 4.83 Å². The summed E-state index contributed by atoms with van der Waals surface area (Å²) < 4.78 is 26.3. The maximum atomic E-state index is 12.3. The number of hydrogen-bond acceptors (Lipinski definition) is 6. The van der Waals surface area contributed by atoms with Crippen molar-refractivity contribution < 1.29 is 13.3 Å². The van der Waals surface area contributed by atoms with Crippen molar-refractivity contribution in [2.24, 2.45) is 5.10 Å². The Hall–Kier alpha value is -3.53. The molecule has 0 aliphatic carbocycles. The van der Waals surface area contributed by atoms with E-state index in [9.17, 15) is 18.5 Å². The van der Waals surface area contributed by atoms with Gasteiger partial charge in [-0.2, -0.15) is 18.6 Å². The SMILES string of the molecule is Cc1ccc(S(=O)(=O)N/N=C\c2cnn(Cc3ccccc3)c2)cc1[N+](=O)[O-]. The molecule has 0 bridgehead atoms. The summed E-state index contributed by atoms with van der Waals surface area (Å²) in [7, 11) is -4.02. The molecule has 2 aromatic carbocycles. The third kappa shape index (κ3) is 4.60. The van der Waals surface area contributed by atoms with Gasteiger partial charge in [0, 0.05) is 23.4 Å². The van der Waals surface area contributed by atoms with Crippen molar-refractivity contribution in [1.82, 2.24) is 14.6 Å². The highest BCUT2D eigenvalue weighted by Crippen LogP contribution is 2.22. The van der Waals surface area contributed by atoms with Crippen molar-refractivity contribution in [1.29, 1.82) is 0 Å². The molecule has 0 radical (unpaired) electrons. The van der Waals surface area contributed by atoms with Crippen LogP contribution in [0.4, 0.5) is 5.69 Å². The number of hydrazone groups is 1. The monoisotopic (exact) mass is 399 g/mol. The normalized spacial score (nSPS) is 11.6. The lowest BCUT2D eigenvalue weighted by Gasteiger charge is -2.04. The number of aryl methyl sites for hydroxylation is 1. The van der Waals surface area contributed by atoms with E-state index in [1.807, 2.05) is 30.3 Å². The van der Waals surface area contributed by atoms with Crippen molar-refractivity contribution in [2.75, 3.05) is 0 Å². The Morgan fingerprint density at radius 1 is 1.25 bits per heavy atom. The fraction of sp³-hybridized carbons (Fsp3) is 0.111. The van der Waals surface area contributed by atoms with Gasteiger partial charge < -0.3 is 0 Å². The Labute approximate surface area is 161 Å². The van der Waals surface area contributed by atoms with E-state index in [0.717, 1.165) is 11.6 Å². The molecule has 0 aliphatic heterocycles. The van der Waals surface area contributed by atoms with E-state index < -0.39 is 14.9 Å². The largest absolute Gasteiger partial charge is 0.276 e. The third-order valence-corrected chi connectivity index (χ3v) is 5.14. The number of nitrogens with zero attached hydrogens (tertiary/aromatic N) is 4. The number of nitro benzene ring substituents is 1. The molecule has 1 heterocycles. The van der Waals surface area contributed by atoms with E-state index in [4.69, 9.17) is 0 Å². The molecule has 9 nitrogen and oxygen atoms in total. The fourth-order valence-corrected chi connectivity index (χ4v) is 3.29. The zero-order chi connectivity index (χ0) is 20.1. The van der Waals surface area contributed by atoms with Crippen LogP contribution in [0, 0.1) is 17.0 Å². The molecule has 0 unspecified atom stereocenters. The summed E-state index contributed by atoms with van der Waals surface area (Å²) in [6.07, 6.45) is 4.59. The van der Waals surface area contributed by atoms with Crippen molar-refractivity contribution in [3.8, 4) is 0 Å². The highest BCUT2D eigenvalue weighted by Gasteiger charge is 2.19. The molecule has 0 fully saturated rings. The Kier molecular flexibility index (Phi) is 5.50. The van der Waals surface area contributed by atoms with Gasteiger partial charge in [-0.05, 0) is 18.6 Å². The maximum absolute atomic E-state index is 12.3. The first-order chi connectivity index (χ1) is 13.3. The molecule has 144 valence electrons. The van der Waals surface area contributed by atoms with Gasteiger partial charge in [0.25, 0.3) is 15.7 Å². The average molecular weight is 399 g/mol. The Morgan fingerprint density at radius 3 is 2.71 bits per heavy atom. The summed E-state index contributed by atoms with van der Waals surface area (Å²) in [4.78, 5) is 12.2. The average Bonchev–Trinajstić information content (AvgIpc) is 3.09. The second kappa shape index (κ2) is 8.01. The second-order valence-corrected chi connectivity index (χ2v) is 7.68. The summed E-state index contributed by atoms with van der Waals surface area (Å²) in [6, 6.07) is 13.4. The van der Waals surface area contributed by atoms with Gasteiger partial charge >= 0.3 is 0 Å². The highest BCUT2D eigenvalue weighted by atomic mass is 32.2. The Morgan fingerprint density at radius 2 is 2.00 bits per heavy atom. The van der Waals surface area contributed by atoms with Crippen molar-refractivity contribution in [3.05, 3.63) is 87.7 Å². The molecule has 3 rings (SSSR count). The van der Waals surface area contributed by atoms with E-state index in [1.54, 1.807) is 17.1 Å². The zero-order valence-electron chi connectivity index (χ0n) is 14.9. The van der Waals surface area contributed by atoms with Crippen LogP contribution >= 0.6 is 0 Å². The number of sulfonamides is 1.